The Morgan fingerprint density at radius 3 is 2.00 bits per heavy atom. The first kappa shape index (κ1) is 18.4. The number of rotatable bonds is 2. The van der Waals surface area contributed by atoms with Crippen LogP contribution in [0.5, 0.6) is 0 Å². The van der Waals surface area contributed by atoms with E-state index in [1.165, 1.54) is 17.7 Å². The lowest BCUT2D eigenvalue weighted by molar-refractivity contribution is 0.590. The van der Waals surface area contributed by atoms with Crippen LogP contribution >= 0.6 is 0 Å². The summed E-state index contributed by atoms with van der Waals surface area (Å²) < 4.78 is 15.5. The van der Waals surface area contributed by atoms with Crippen molar-refractivity contribution in [2.45, 2.75) is 26.2 Å². The molecule has 0 spiro atoms. The zero-order chi connectivity index (χ0) is 20.9. The number of hydrogen-bond donors (Lipinski definition) is 0. The van der Waals surface area contributed by atoms with E-state index in [9.17, 15) is 4.39 Å². The van der Waals surface area contributed by atoms with Gasteiger partial charge in [0.2, 0.25) is 0 Å². The van der Waals surface area contributed by atoms with Crippen LogP contribution < -0.4 is 0 Å². The van der Waals surface area contributed by atoms with Gasteiger partial charge in [0, 0.05) is 11.3 Å². The number of imidazole rings is 1. The minimum absolute atomic E-state index is 0.0659. The fourth-order valence-electron chi connectivity index (χ4n) is 3.60. The Balaban J connectivity index is 1.78. The van der Waals surface area contributed by atoms with E-state index in [1.807, 2.05) is 28.8 Å². The summed E-state index contributed by atoms with van der Waals surface area (Å²) in [6.45, 7) is 6.57. The lowest BCUT2D eigenvalue weighted by Crippen LogP contribution is -2.10. The van der Waals surface area contributed by atoms with Crippen molar-refractivity contribution in [1.29, 1.82) is 0 Å². The van der Waals surface area contributed by atoms with Crippen LogP contribution in [0.2, 0.25) is 0 Å². The van der Waals surface area contributed by atoms with Crippen molar-refractivity contribution in [2.75, 3.05) is 0 Å². The molecule has 4 nitrogen and oxygen atoms in total. The first-order valence-electron chi connectivity index (χ1n) is 9.92. The summed E-state index contributed by atoms with van der Waals surface area (Å²) in [6.07, 6.45) is 0. The van der Waals surface area contributed by atoms with E-state index >= 15 is 0 Å². The van der Waals surface area contributed by atoms with Gasteiger partial charge in [-0.25, -0.2) is 19.3 Å². The van der Waals surface area contributed by atoms with Gasteiger partial charge < -0.3 is 0 Å². The monoisotopic (exact) mass is 396 g/mol. The molecule has 2 aromatic heterocycles. The minimum Gasteiger partial charge on any atom is -0.275 e. The van der Waals surface area contributed by atoms with Crippen molar-refractivity contribution >= 4 is 22.3 Å². The summed E-state index contributed by atoms with van der Waals surface area (Å²) in [5.74, 6) is 0.447. The van der Waals surface area contributed by atoms with E-state index in [0.717, 1.165) is 28.1 Å². The summed E-state index contributed by atoms with van der Waals surface area (Å²) in [5.41, 5.74) is 5.86. The van der Waals surface area contributed by atoms with Crippen molar-refractivity contribution in [3.05, 3.63) is 84.2 Å². The van der Waals surface area contributed by atoms with Crippen molar-refractivity contribution in [2.24, 2.45) is 0 Å². The van der Waals surface area contributed by atoms with Gasteiger partial charge in [-0.1, -0.05) is 57.2 Å². The summed E-state index contributed by atoms with van der Waals surface area (Å²) in [5, 5.41) is 0. The number of aromatic nitrogens is 4. The zero-order valence-electron chi connectivity index (χ0n) is 17.1. The molecule has 0 bridgehead atoms. The van der Waals surface area contributed by atoms with Crippen molar-refractivity contribution < 1.29 is 4.39 Å². The van der Waals surface area contributed by atoms with Crippen molar-refractivity contribution in [3.8, 4) is 17.1 Å². The molecule has 5 aromatic rings. The molecule has 0 radical (unpaired) electrons. The molecule has 0 aliphatic heterocycles. The fraction of sp³-hybridized carbons (Fsp3) is 0.160. The second-order valence-electron chi connectivity index (χ2n) is 8.43. The Bertz CT molecular complexity index is 1360. The van der Waals surface area contributed by atoms with Gasteiger partial charge in [0.05, 0.1) is 11.0 Å². The van der Waals surface area contributed by atoms with E-state index in [4.69, 9.17) is 15.0 Å². The van der Waals surface area contributed by atoms with Crippen LogP contribution in [0.4, 0.5) is 4.39 Å². The molecular formula is C25H21FN4. The third-order valence-corrected chi connectivity index (χ3v) is 5.26. The van der Waals surface area contributed by atoms with Crippen LogP contribution in [0.3, 0.4) is 0 Å². The van der Waals surface area contributed by atoms with Crippen LogP contribution in [-0.2, 0) is 5.41 Å². The molecule has 30 heavy (non-hydrogen) atoms. The zero-order valence-corrected chi connectivity index (χ0v) is 17.1. The van der Waals surface area contributed by atoms with E-state index in [0.29, 0.717) is 11.3 Å². The van der Waals surface area contributed by atoms with Crippen LogP contribution in [-0.4, -0.2) is 19.5 Å². The highest BCUT2D eigenvalue weighted by molar-refractivity contribution is 5.86. The van der Waals surface area contributed by atoms with Crippen LogP contribution in [0, 0.1) is 5.82 Å². The molecule has 0 saturated carbocycles. The molecule has 148 valence electrons. The highest BCUT2D eigenvalue weighted by Gasteiger charge is 2.19. The SMILES string of the molecule is CC(C)(C)c1ccc(-c2nc3nc4ccccc4nc3n2-c2ccc(F)cc2)cc1. The number of fused-ring (bicyclic) bond motifs is 2. The number of para-hydroxylation sites is 2. The van der Waals surface area contributed by atoms with Crippen molar-refractivity contribution in [1.82, 2.24) is 19.5 Å². The Kier molecular flexibility index (Phi) is 4.13. The third-order valence-electron chi connectivity index (χ3n) is 5.26. The summed E-state index contributed by atoms with van der Waals surface area (Å²) in [4.78, 5) is 14.4. The largest absolute Gasteiger partial charge is 0.275 e. The standard InChI is InChI=1S/C25H21FN4/c1-25(2,3)17-10-8-16(9-11-17)23-29-22-24(28-21-7-5-4-6-20(21)27-22)30(23)19-14-12-18(26)13-15-19/h4-15H,1-3H3. The van der Waals surface area contributed by atoms with E-state index in [1.54, 1.807) is 12.1 Å². The normalized spacial score (nSPS) is 12.0. The maximum atomic E-state index is 13.6. The molecule has 5 heteroatoms. The minimum atomic E-state index is -0.282. The van der Waals surface area contributed by atoms with Crippen LogP contribution in [0.15, 0.2) is 72.8 Å². The predicted molar refractivity (Wildman–Crippen MR) is 118 cm³/mol. The van der Waals surface area contributed by atoms with Gasteiger partial charge in [-0.2, -0.15) is 0 Å². The Hall–Kier alpha value is -3.60. The Morgan fingerprint density at radius 1 is 0.733 bits per heavy atom. The Morgan fingerprint density at radius 2 is 1.37 bits per heavy atom. The summed E-state index contributed by atoms with van der Waals surface area (Å²) in [6, 6.07) is 22.5. The molecule has 0 aliphatic carbocycles. The first-order valence-corrected chi connectivity index (χ1v) is 9.92. The molecule has 0 N–H and O–H groups in total. The molecule has 2 heterocycles. The van der Waals surface area contributed by atoms with E-state index in [-0.39, 0.29) is 11.2 Å². The molecule has 3 aromatic carbocycles. The average Bonchev–Trinajstić information content (AvgIpc) is 3.10. The maximum Gasteiger partial charge on any atom is 0.199 e. The molecule has 0 unspecified atom stereocenters. The van der Waals surface area contributed by atoms with Gasteiger partial charge in [0.15, 0.2) is 11.3 Å². The second-order valence-corrected chi connectivity index (χ2v) is 8.43. The van der Waals surface area contributed by atoms with Gasteiger partial charge >= 0.3 is 0 Å². The Labute approximate surface area is 174 Å². The third kappa shape index (κ3) is 3.12. The van der Waals surface area contributed by atoms with Gasteiger partial charge in [0.1, 0.15) is 11.6 Å². The lowest BCUT2D eigenvalue weighted by Gasteiger charge is -2.19. The molecule has 0 saturated heterocycles. The average molecular weight is 396 g/mol. The molecule has 5 rings (SSSR count). The molecule has 0 fully saturated rings. The number of hydrogen-bond acceptors (Lipinski definition) is 3. The maximum absolute atomic E-state index is 13.6. The molecule has 0 aliphatic rings. The van der Waals surface area contributed by atoms with Gasteiger partial charge in [-0.05, 0) is 47.4 Å². The molecule has 0 amide bonds. The summed E-state index contributed by atoms with van der Waals surface area (Å²) >= 11 is 0. The van der Waals surface area contributed by atoms with Gasteiger partial charge in [0.25, 0.3) is 0 Å². The molecule has 0 atom stereocenters. The lowest BCUT2D eigenvalue weighted by atomic mass is 9.87. The quantitative estimate of drug-likeness (QED) is 0.364. The molecular weight excluding hydrogens is 375 g/mol. The summed E-state index contributed by atoms with van der Waals surface area (Å²) in [7, 11) is 0. The van der Waals surface area contributed by atoms with E-state index in [2.05, 4.69) is 45.0 Å². The number of benzene rings is 3. The predicted octanol–water partition coefficient (Wildman–Crippen LogP) is 6.07. The van der Waals surface area contributed by atoms with Crippen molar-refractivity contribution in [3.63, 3.8) is 0 Å². The fourth-order valence-corrected chi connectivity index (χ4v) is 3.60. The highest BCUT2D eigenvalue weighted by Crippen LogP contribution is 2.30. The second kappa shape index (κ2) is 6.73. The van der Waals surface area contributed by atoms with Crippen LogP contribution in [0.1, 0.15) is 26.3 Å². The topological polar surface area (TPSA) is 43.6 Å². The smallest absolute Gasteiger partial charge is 0.199 e. The number of nitrogens with zero attached hydrogens (tertiary/aromatic N) is 4. The van der Waals surface area contributed by atoms with Crippen LogP contribution in [0.25, 0.3) is 39.4 Å². The van der Waals surface area contributed by atoms with Gasteiger partial charge in [-0.3, -0.25) is 4.57 Å². The highest BCUT2D eigenvalue weighted by atomic mass is 19.1. The first-order chi connectivity index (χ1) is 14.4. The number of halogens is 1. The van der Waals surface area contributed by atoms with E-state index < -0.39 is 0 Å². The van der Waals surface area contributed by atoms with Gasteiger partial charge in [-0.15, -0.1) is 0 Å².